The number of hydrogen-bond donors (Lipinski definition) is 2. The quantitative estimate of drug-likeness (QED) is 0.815. The molecule has 0 saturated heterocycles. The summed E-state index contributed by atoms with van der Waals surface area (Å²) in [7, 11) is 0. The van der Waals surface area contributed by atoms with Crippen LogP contribution < -0.4 is 10.6 Å². The van der Waals surface area contributed by atoms with Gasteiger partial charge in [0, 0.05) is 18.0 Å². The highest BCUT2D eigenvalue weighted by molar-refractivity contribution is 7.10. The number of hydrogen-bond acceptors (Lipinski definition) is 3. The number of rotatable bonds is 3. The van der Waals surface area contributed by atoms with Gasteiger partial charge in [-0.3, -0.25) is 10.1 Å². The molecule has 1 atom stereocenters. The average Bonchev–Trinajstić information content (AvgIpc) is 3.06. The van der Waals surface area contributed by atoms with Crippen LogP contribution in [0.2, 0.25) is 0 Å². The predicted octanol–water partition coefficient (Wildman–Crippen LogP) is 1.77. The summed E-state index contributed by atoms with van der Waals surface area (Å²) < 4.78 is 0. The van der Waals surface area contributed by atoms with Crippen molar-refractivity contribution in [2.24, 2.45) is 0 Å². The van der Waals surface area contributed by atoms with E-state index in [1.54, 1.807) is 0 Å². The van der Waals surface area contributed by atoms with Crippen molar-refractivity contribution in [2.75, 3.05) is 6.54 Å². The van der Waals surface area contributed by atoms with E-state index in [-0.39, 0.29) is 11.9 Å². The molecule has 0 fully saturated rings. The Bertz CT molecular complexity index is 478. The largest absolute Gasteiger partial charge is 0.350 e. The Morgan fingerprint density at radius 3 is 3.17 bits per heavy atom. The van der Waals surface area contributed by atoms with Crippen molar-refractivity contribution in [1.29, 1.82) is 0 Å². The van der Waals surface area contributed by atoms with E-state index in [1.165, 1.54) is 41.7 Å². The molecule has 3 nitrogen and oxygen atoms in total. The molecule has 0 spiro atoms. The van der Waals surface area contributed by atoms with E-state index in [4.69, 9.17) is 0 Å². The third-order valence-corrected chi connectivity index (χ3v) is 4.81. The maximum absolute atomic E-state index is 11.9. The van der Waals surface area contributed by atoms with Crippen LogP contribution in [0.25, 0.3) is 0 Å². The van der Waals surface area contributed by atoms with Crippen molar-refractivity contribution >= 4 is 17.2 Å². The normalized spacial score (nSPS) is 21.9. The van der Waals surface area contributed by atoms with E-state index < -0.39 is 0 Å². The molecule has 1 amide bonds. The fourth-order valence-corrected chi connectivity index (χ4v) is 3.80. The van der Waals surface area contributed by atoms with Crippen molar-refractivity contribution in [3.05, 3.63) is 33.5 Å². The van der Waals surface area contributed by atoms with Crippen LogP contribution in [0.3, 0.4) is 0 Å². The summed E-state index contributed by atoms with van der Waals surface area (Å²) in [6, 6.07) is -0.139. The van der Waals surface area contributed by atoms with Crippen LogP contribution >= 0.6 is 11.3 Å². The maximum Gasteiger partial charge on any atom is 0.241 e. The summed E-state index contributed by atoms with van der Waals surface area (Å²) in [6.45, 7) is 1.47. The minimum atomic E-state index is -0.139. The van der Waals surface area contributed by atoms with Crippen LogP contribution in [0.5, 0.6) is 0 Å². The zero-order chi connectivity index (χ0) is 12.4. The summed E-state index contributed by atoms with van der Waals surface area (Å²) in [6.07, 6.45) is 8.94. The lowest BCUT2D eigenvalue weighted by Gasteiger charge is -2.14. The van der Waals surface area contributed by atoms with Gasteiger partial charge in [0.05, 0.1) is 0 Å². The van der Waals surface area contributed by atoms with Crippen molar-refractivity contribution in [3.8, 4) is 0 Å². The van der Waals surface area contributed by atoms with Crippen molar-refractivity contribution < 1.29 is 4.79 Å². The van der Waals surface area contributed by atoms with Gasteiger partial charge in [-0.15, -0.1) is 11.3 Å². The number of fused-ring (bicyclic) bond motifs is 1. The third kappa shape index (κ3) is 2.35. The lowest BCUT2D eigenvalue weighted by atomic mass is 9.96. The molecule has 1 aliphatic carbocycles. The molecule has 0 aromatic carbocycles. The van der Waals surface area contributed by atoms with Gasteiger partial charge < -0.3 is 5.32 Å². The highest BCUT2D eigenvalue weighted by Crippen LogP contribution is 2.30. The monoisotopic (exact) mass is 262 g/mol. The second-order valence-electron chi connectivity index (χ2n) is 4.90. The van der Waals surface area contributed by atoms with Crippen LogP contribution in [0.4, 0.5) is 0 Å². The van der Waals surface area contributed by atoms with Gasteiger partial charge in [-0.1, -0.05) is 12.2 Å². The summed E-state index contributed by atoms with van der Waals surface area (Å²) in [4.78, 5) is 13.4. The second kappa shape index (κ2) is 5.24. The van der Waals surface area contributed by atoms with Crippen molar-refractivity contribution in [2.45, 2.75) is 38.3 Å². The van der Waals surface area contributed by atoms with Crippen LogP contribution in [0.15, 0.2) is 17.5 Å². The standard InChI is InChI=1S/C14H18N2OS/c17-14(12-5-3-7-15-12)16-8-10-9-18-13-6-2-1-4-11(10)13/h3,5,9,12,15H,1-2,4,6-8H2,(H,16,17)/t12-/m1/s1. The molecule has 1 aliphatic heterocycles. The van der Waals surface area contributed by atoms with E-state index in [9.17, 15) is 4.79 Å². The zero-order valence-corrected chi connectivity index (χ0v) is 11.2. The smallest absolute Gasteiger partial charge is 0.241 e. The Balaban J connectivity index is 1.61. The van der Waals surface area contributed by atoms with Gasteiger partial charge in [-0.25, -0.2) is 0 Å². The van der Waals surface area contributed by atoms with E-state index in [2.05, 4.69) is 16.0 Å². The van der Waals surface area contributed by atoms with Crippen LogP contribution in [-0.2, 0) is 24.2 Å². The van der Waals surface area contributed by atoms with Gasteiger partial charge in [0.2, 0.25) is 5.91 Å². The Morgan fingerprint density at radius 2 is 2.33 bits per heavy atom. The van der Waals surface area contributed by atoms with Crippen molar-refractivity contribution in [1.82, 2.24) is 10.6 Å². The van der Waals surface area contributed by atoms with Gasteiger partial charge in [-0.05, 0) is 42.2 Å². The summed E-state index contributed by atoms with van der Waals surface area (Å²) in [5.74, 6) is 0.0829. The first-order valence-corrected chi connectivity index (χ1v) is 7.48. The molecule has 18 heavy (non-hydrogen) atoms. The van der Waals surface area contributed by atoms with Crippen LogP contribution in [0, 0.1) is 0 Å². The molecule has 0 unspecified atom stereocenters. The van der Waals surface area contributed by atoms with E-state index >= 15 is 0 Å². The van der Waals surface area contributed by atoms with E-state index in [1.807, 2.05) is 23.5 Å². The number of thiophene rings is 1. The van der Waals surface area contributed by atoms with Crippen molar-refractivity contribution in [3.63, 3.8) is 0 Å². The van der Waals surface area contributed by atoms with E-state index in [0.29, 0.717) is 6.54 Å². The molecule has 2 heterocycles. The number of aryl methyl sites for hydroxylation is 1. The minimum Gasteiger partial charge on any atom is -0.350 e. The molecular weight excluding hydrogens is 244 g/mol. The van der Waals surface area contributed by atoms with Gasteiger partial charge >= 0.3 is 0 Å². The lowest BCUT2D eigenvalue weighted by Crippen LogP contribution is -2.40. The SMILES string of the molecule is O=C(NCc1csc2c1CCCC2)[C@H]1C=CCN1. The first-order chi connectivity index (χ1) is 8.84. The van der Waals surface area contributed by atoms with Crippen LogP contribution in [-0.4, -0.2) is 18.5 Å². The number of nitrogens with one attached hydrogen (secondary N) is 2. The molecule has 2 aliphatic rings. The predicted molar refractivity (Wildman–Crippen MR) is 73.7 cm³/mol. The molecule has 96 valence electrons. The highest BCUT2D eigenvalue weighted by atomic mass is 32.1. The van der Waals surface area contributed by atoms with Gasteiger partial charge in [-0.2, -0.15) is 0 Å². The summed E-state index contributed by atoms with van der Waals surface area (Å²) >= 11 is 1.86. The fourth-order valence-electron chi connectivity index (χ4n) is 2.65. The minimum absolute atomic E-state index is 0.0829. The molecule has 0 bridgehead atoms. The number of amides is 1. The van der Waals surface area contributed by atoms with Gasteiger partial charge in [0.15, 0.2) is 0 Å². The molecule has 2 N–H and O–H groups in total. The highest BCUT2D eigenvalue weighted by Gasteiger charge is 2.19. The zero-order valence-electron chi connectivity index (χ0n) is 10.4. The summed E-state index contributed by atoms with van der Waals surface area (Å²) in [5.41, 5.74) is 2.83. The third-order valence-electron chi connectivity index (χ3n) is 3.67. The Hall–Kier alpha value is -1.13. The molecular formula is C14H18N2OS. The first-order valence-electron chi connectivity index (χ1n) is 6.60. The topological polar surface area (TPSA) is 41.1 Å². The fraction of sp³-hybridized carbons (Fsp3) is 0.500. The summed E-state index contributed by atoms with van der Waals surface area (Å²) in [5, 5.41) is 8.38. The van der Waals surface area contributed by atoms with E-state index in [0.717, 1.165) is 6.54 Å². The van der Waals surface area contributed by atoms with Crippen LogP contribution in [0.1, 0.15) is 28.8 Å². The molecule has 0 saturated carbocycles. The molecule has 1 aromatic rings. The Labute approximate surface area is 111 Å². The van der Waals surface area contributed by atoms with Gasteiger partial charge in [0.25, 0.3) is 0 Å². The Kier molecular flexibility index (Phi) is 3.48. The number of carbonyl (C=O) groups is 1. The lowest BCUT2D eigenvalue weighted by molar-refractivity contribution is -0.122. The number of carbonyl (C=O) groups excluding carboxylic acids is 1. The molecule has 0 radical (unpaired) electrons. The van der Waals surface area contributed by atoms with Gasteiger partial charge in [0.1, 0.15) is 6.04 Å². The average molecular weight is 262 g/mol. The molecule has 3 rings (SSSR count). The first kappa shape index (κ1) is 11.9. The Morgan fingerprint density at radius 1 is 1.44 bits per heavy atom. The maximum atomic E-state index is 11.9. The second-order valence-corrected chi connectivity index (χ2v) is 5.87. The molecule has 1 aromatic heterocycles. The molecule has 4 heteroatoms.